The Morgan fingerprint density at radius 2 is 1.81 bits per heavy atom. The number of rotatable bonds is 4. The van der Waals surface area contributed by atoms with Gasteiger partial charge in [-0.1, -0.05) is 68.4 Å². The van der Waals surface area contributed by atoms with Crippen LogP contribution in [0, 0.1) is 11.8 Å². The Balaban J connectivity index is 1.64. The maximum atomic E-state index is 13.4. The van der Waals surface area contributed by atoms with E-state index in [1.165, 1.54) is 4.90 Å². The van der Waals surface area contributed by atoms with Gasteiger partial charge in [0.1, 0.15) is 12.1 Å². The number of nitrogens with zero attached hydrogens (tertiary/aromatic N) is 1. The molecule has 26 heavy (non-hydrogen) atoms. The molecule has 1 fully saturated rings. The van der Waals surface area contributed by atoms with Gasteiger partial charge in [-0.25, -0.2) is 9.69 Å². The molecule has 0 unspecified atom stereocenters. The molecule has 1 aliphatic carbocycles. The zero-order valence-electron chi connectivity index (χ0n) is 15.1. The molecule has 0 radical (unpaired) electrons. The first kappa shape index (κ1) is 16.8. The predicted molar refractivity (Wildman–Crippen MR) is 98.5 cm³/mol. The Labute approximate surface area is 153 Å². The largest absolute Gasteiger partial charge is 0.443 e. The Morgan fingerprint density at radius 1 is 1.12 bits per heavy atom. The SMILES string of the molecule is CC(C)[C@H](Cc1ccccc1)C(=O)N1C(=O)O[C@@H]2Cc3ccccc3[C@@H]21. The zero-order chi connectivity index (χ0) is 18.3. The van der Waals surface area contributed by atoms with E-state index in [9.17, 15) is 9.59 Å². The molecule has 0 saturated carbocycles. The summed E-state index contributed by atoms with van der Waals surface area (Å²) in [6.07, 6.45) is 0.549. The van der Waals surface area contributed by atoms with Gasteiger partial charge in [-0.2, -0.15) is 0 Å². The van der Waals surface area contributed by atoms with E-state index in [0.717, 1.165) is 16.7 Å². The van der Waals surface area contributed by atoms with Gasteiger partial charge >= 0.3 is 6.09 Å². The average Bonchev–Trinajstić information content (AvgIpc) is 3.14. The minimum Gasteiger partial charge on any atom is -0.443 e. The van der Waals surface area contributed by atoms with Crippen LogP contribution in [-0.4, -0.2) is 23.0 Å². The number of amides is 2. The van der Waals surface area contributed by atoms with Crippen molar-refractivity contribution in [1.29, 1.82) is 0 Å². The number of imide groups is 1. The highest BCUT2D eigenvalue weighted by atomic mass is 16.6. The van der Waals surface area contributed by atoms with Crippen molar-refractivity contribution in [2.75, 3.05) is 0 Å². The van der Waals surface area contributed by atoms with Crippen LogP contribution in [0.3, 0.4) is 0 Å². The lowest BCUT2D eigenvalue weighted by atomic mass is 9.87. The summed E-state index contributed by atoms with van der Waals surface area (Å²) >= 11 is 0. The number of fused-ring (bicyclic) bond motifs is 3. The maximum absolute atomic E-state index is 13.4. The molecule has 4 heteroatoms. The summed E-state index contributed by atoms with van der Waals surface area (Å²) in [6, 6.07) is 17.7. The molecule has 0 aromatic heterocycles. The van der Waals surface area contributed by atoms with E-state index in [4.69, 9.17) is 4.74 Å². The molecule has 4 rings (SSSR count). The highest BCUT2D eigenvalue weighted by molar-refractivity contribution is 5.95. The van der Waals surface area contributed by atoms with Gasteiger partial charge in [-0.3, -0.25) is 4.79 Å². The number of hydrogen-bond acceptors (Lipinski definition) is 3. The van der Waals surface area contributed by atoms with Gasteiger partial charge in [0.05, 0.1) is 0 Å². The third kappa shape index (κ3) is 2.79. The summed E-state index contributed by atoms with van der Waals surface area (Å²) in [6.45, 7) is 4.07. The normalized spacial score (nSPS) is 22.1. The Hall–Kier alpha value is -2.62. The zero-order valence-corrected chi connectivity index (χ0v) is 15.1. The fraction of sp³-hybridized carbons (Fsp3) is 0.364. The van der Waals surface area contributed by atoms with Crippen molar-refractivity contribution in [3.8, 4) is 0 Å². The fourth-order valence-electron chi connectivity index (χ4n) is 4.13. The van der Waals surface area contributed by atoms with E-state index in [-0.39, 0.29) is 29.9 Å². The quantitative estimate of drug-likeness (QED) is 0.833. The first-order valence-corrected chi connectivity index (χ1v) is 9.21. The molecule has 0 spiro atoms. The van der Waals surface area contributed by atoms with E-state index in [2.05, 4.69) is 0 Å². The molecule has 2 amide bonds. The number of ether oxygens (including phenoxy) is 1. The number of hydrogen-bond donors (Lipinski definition) is 0. The Bertz CT molecular complexity index is 830. The van der Waals surface area contributed by atoms with Crippen LogP contribution in [0.5, 0.6) is 0 Å². The Morgan fingerprint density at radius 3 is 2.54 bits per heavy atom. The molecular weight excluding hydrogens is 326 g/mol. The van der Waals surface area contributed by atoms with Crippen LogP contribution < -0.4 is 0 Å². The lowest BCUT2D eigenvalue weighted by Gasteiger charge is -2.27. The van der Waals surface area contributed by atoms with Gasteiger partial charge in [-0.05, 0) is 29.0 Å². The average molecular weight is 349 g/mol. The minimum atomic E-state index is -0.502. The Kier molecular flexibility index (Phi) is 4.27. The number of benzene rings is 2. The van der Waals surface area contributed by atoms with E-state index in [0.29, 0.717) is 12.8 Å². The van der Waals surface area contributed by atoms with Gasteiger partial charge < -0.3 is 4.74 Å². The van der Waals surface area contributed by atoms with Crippen LogP contribution in [-0.2, 0) is 22.4 Å². The van der Waals surface area contributed by atoms with E-state index in [1.54, 1.807) is 0 Å². The van der Waals surface area contributed by atoms with E-state index < -0.39 is 6.09 Å². The van der Waals surface area contributed by atoms with Crippen LogP contribution >= 0.6 is 0 Å². The number of carbonyl (C=O) groups is 2. The maximum Gasteiger partial charge on any atom is 0.417 e. The molecule has 1 heterocycles. The highest BCUT2D eigenvalue weighted by Crippen LogP contribution is 2.43. The first-order valence-electron chi connectivity index (χ1n) is 9.21. The highest BCUT2D eigenvalue weighted by Gasteiger charge is 2.51. The standard InChI is InChI=1S/C22H23NO3/c1-14(2)18(12-15-8-4-3-5-9-15)21(24)23-20-17-11-7-6-10-16(17)13-19(20)26-22(23)25/h3-11,14,18-20H,12-13H2,1-2H3/t18-,19+,20-/m0/s1. The van der Waals surface area contributed by atoms with Crippen molar-refractivity contribution in [3.63, 3.8) is 0 Å². The number of carbonyl (C=O) groups excluding carboxylic acids is 2. The predicted octanol–water partition coefficient (Wildman–Crippen LogP) is 4.15. The topological polar surface area (TPSA) is 46.6 Å². The van der Waals surface area contributed by atoms with Gasteiger partial charge in [0.25, 0.3) is 0 Å². The smallest absolute Gasteiger partial charge is 0.417 e. The molecule has 1 saturated heterocycles. The second kappa shape index (κ2) is 6.60. The lowest BCUT2D eigenvalue weighted by Crippen LogP contribution is -2.41. The van der Waals surface area contributed by atoms with Crippen molar-refractivity contribution >= 4 is 12.0 Å². The van der Waals surface area contributed by atoms with Gasteiger partial charge in [0.15, 0.2) is 0 Å². The molecule has 2 aromatic rings. The second-order valence-corrected chi connectivity index (χ2v) is 7.52. The molecule has 4 nitrogen and oxygen atoms in total. The summed E-state index contributed by atoms with van der Waals surface area (Å²) in [5, 5.41) is 0. The third-order valence-corrected chi connectivity index (χ3v) is 5.53. The molecule has 3 atom stereocenters. The van der Waals surface area contributed by atoms with Gasteiger partial charge in [0, 0.05) is 12.3 Å². The molecule has 2 aromatic carbocycles. The monoisotopic (exact) mass is 349 g/mol. The third-order valence-electron chi connectivity index (χ3n) is 5.53. The summed E-state index contributed by atoms with van der Waals surface area (Å²) in [5.74, 6) is -0.249. The van der Waals surface area contributed by atoms with Gasteiger partial charge in [0.2, 0.25) is 5.91 Å². The molecular formula is C22H23NO3. The van der Waals surface area contributed by atoms with Crippen LogP contribution in [0.25, 0.3) is 0 Å². The van der Waals surface area contributed by atoms with Gasteiger partial charge in [-0.15, -0.1) is 0 Å². The molecule has 0 bridgehead atoms. The minimum absolute atomic E-state index is 0.127. The van der Waals surface area contributed by atoms with E-state index in [1.807, 2.05) is 68.4 Å². The van der Waals surface area contributed by atoms with Crippen molar-refractivity contribution in [2.45, 2.75) is 38.8 Å². The molecule has 134 valence electrons. The summed E-state index contributed by atoms with van der Waals surface area (Å²) in [7, 11) is 0. The van der Waals surface area contributed by atoms with Crippen LogP contribution in [0.15, 0.2) is 54.6 Å². The van der Waals surface area contributed by atoms with Crippen molar-refractivity contribution in [1.82, 2.24) is 4.90 Å². The molecule has 1 aliphatic heterocycles. The van der Waals surface area contributed by atoms with E-state index >= 15 is 0 Å². The summed E-state index contributed by atoms with van der Waals surface area (Å²) in [5.41, 5.74) is 3.31. The lowest BCUT2D eigenvalue weighted by molar-refractivity contribution is -0.135. The second-order valence-electron chi connectivity index (χ2n) is 7.52. The summed E-state index contributed by atoms with van der Waals surface area (Å²) in [4.78, 5) is 27.3. The van der Waals surface area contributed by atoms with Crippen LogP contribution in [0.4, 0.5) is 4.79 Å². The van der Waals surface area contributed by atoms with Crippen molar-refractivity contribution < 1.29 is 14.3 Å². The van der Waals surface area contributed by atoms with Crippen molar-refractivity contribution in [2.24, 2.45) is 11.8 Å². The molecule has 0 N–H and O–H groups in total. The first-order chi connectivity index (χ1) is 12.6. The van der Waals surface area contributed by atoms with Crippen LogP contribution in [0.1, 0.15) is 36.6 Å². The summed E-state index contributed by atoms with van der Waals surface area (Å²) < 4.78 is 5.55. The molecule has 2 aliphatic rings. The van der Waals surface area contributed by atoms with Crippen LogP contribution in [0.2, 0.25) is 0 Å². The van der Waals surface area contributed by atoms with Crippen molar-refractivity contribution in [3.05, 3.63) is 71.3 Å². The fourth-order valence-corrected chi connectivity index (χ4v) is 4.13.